The Morgan fingerprint density at radius 3 is 3.07 bits per heavy atom. The second kappa shape index (κ2) is 3.81. The minimum Gasteiger partial charge on any atom is -0.461 e. The highest BCUT2D eigenvalue weighted by atomic mass is 16.5. The van der Waals surface area contributed by atoms with E-state index in [1.165, 1.54) is 0 Å². The van der Waals surface area contributed by atoms with Crippen LogP contribution in [0.2, 0.25) is 0 Å². The minimum atomic E-state index is -0.286. The van der Waals surface area contributed by atoms with Gasteiger partial charge in [-0.05, 0) is 26.0 Å². The predicted octanol–water partition coefficient (Wildman–Crippen LogP) is 1.10. The van der Waals surface area contributed by atoms with Crippen molar-refractivity contribution in [2.75, 3.05) is 6.61 Å². The third-order valence-electron chi connectivity index (χ3n) is 2.47. The van der Waals surface area contributed by atoms with Crippen LogP contribution in [-0.4, -0.2) is 23.6 Å². The molecule has 4 heteroatoms. The Bertz CT molecular complexity index is 369. The zero-order valence-electron chi connectivity index (χ0n) is 8.86. The van der Waals surface area contributed by atoms with Gasteiger partial charge in [0.05, 0.1) is 6.61 Å². The van der Waals surface area contributed by atoms with E-state index in [0.29, 0.717) is 12.3 Å². The lowest BCUT2D eigenvalue weighted by Gasteiger charge is -2.23. The molecule has 4 nitrogen and oxygen atoms in total. The van der Waals surface area contributed by atoms with Crippen molar-refractivity contribution < 1.29 is 9.53 Å². The highest BCUT2D eigenvalue weighted by Crippen LogP contribution is 2.23. The molecule has 0 saturated carbocycles. The van der Waals surface area contributed by atoms with Crippen LogP contribution in [0.1, 0.15) is 13.8 Å². The molecule has 0 spiro atoms. The van der Waals surface area contributed by atoms with Crippen molar-refractivity contribution in [3.05, 3.63) is 35.8 Å². The van der Waals surface area contributed by atoms with Crippen LogP contribution < -0.4 is 5.32 Å². The van der Waals surface area contributed by atoms with Crippen LogP contribution >= 0.6 is 0 Å². The van der Waals surface area contributed by atoms with Crippen molar-refractivity contribution >= 4 is 5.97 Å². The van der Waals surface area contributed by atoms with Crippen molar-refractivity contribution in [3.63, 3.8) is 0 Å². The van der Waals surface area contributed by atoms with Crippen LogP contribution in [-0.2, 0) is 9.53 Å². The molecule has 0 bridgehead atoms. The van der Waals surface area contributed by atoms with E-state index in [-0.39, 0.29) is 12.1 Å². The summed E-state index contributed by atoms with van der Waals surface area (Å²) in [7, 11) is 0. The number of nitrogens with zero attached hydrogens (tertiary/aromatic N) is 1. The Kier molecular flexibility index (Phi) is 2.49. The molecule has 0 aliphatic carbocycles. The first-order valence-electron chi connectivity index (χ1n) is 5.02. The summed E-state index contributed by atoms with van der Waals surface area (Å²) in [4.78, 5) is 13.6. The smallest absolute Gasteiger partial charge is 0.356 e. The van der Waals surface area contributed by atoms with Gasteiger partial charge in [-0.3, -0.25) is 0 Å². The van der Waals surface area contributed by atoms with E-state index in [0.717, 1.165) is 5.70 Å². The predicted molar refractivity (Wildman–Crippen MR) is 56.4 cm³/mol. The number of esters is 1. The average molecular weight is 206 g/mol. The molecule has 0 amide bonds. The molecule has 0 aromatic rings. The second-order valence-corrected chi connectivity index (χ2v) is 3.40. The molecule has 15 heavy (non-hydrogen) atoms. The Hall–Kier alpha value is -1.71. The third kappa shape index (κ3) is 1.63. The number of carbonyl (C=O) groups excluding carboxylic acids is 1. The molecule has 2 rings (SSSR count). The summed E-state index contributed by atoms with van der Waals surface area (Å²) in [6, 6.07) is 0. The number of carbonyl (C=O) groups is 1. The molecule has 2 aliphatic rings. The quantitative estimate of drug-likeness (QED) is 0.687. The number of allylic oxidation sites excluding steroid dienone is 3. The van der Waals surface area contributed by atoms with Gasteiger partial charge in [-0.2, -0.15) is 0 Å². The van der Waals surface area contributed by atoms with Crippen LogP contribution in [0.25, 0.3) is 0 Å². The summed E-state index contributed by atoms with van der Waals surface area (Å²) in [5, 5.41) is 3.12. The molecule has 2 aliphatic heterocycles. The van der Waals surface area contributed by atoms with Crippen LogP contribution in [0.5, 0.6) is 0 Å². The third-order valence-corrected chi connectivity index (χ3v) is 2.47. The van der Waals surface area contributed by atoms with Gasteiger partial charge in [-0.25, -0.2) is 4.79 Å². The van der Waals surface area contributed by atoms with E-state index in [4.69, 9.17) is 4.74 Å². The number of ether oxygens (including phenoxy) is 1. The highest BCUT2D eigenvalue weighted by Gasteiger charge is 2.30. The SMILES string of the molecule is CCOC(=O)C1=C(C)N2C=CC=CC2N1. The fourth-order valence-electron chi connectivity index (χ4n) is 1.73. The normalized spacial score (nSPS) is 22.8. The zero-order valence-corrected chi connectivity index (χ0v) is 8.86. The summed E-state index contributed by atoms with van der Waals surface area (Å²) in [5.74, 6) is -0.286. The lowest BCUT2D eigenvalue weighted by Crippen LogP contribution is -2.34. The van der Waals surface area contributed by atoms with Crippen LogP contribution in [0.3, 0.4) is 0 Å². The maximum absolute atomic E-state index is 11.6. The highest BCUT2D eigenvalue weighted by molar-refractivity contribution is 5.89. The number of rotatable bonds is 2. The Balaban J connectivity index is 2.20. The van der Waals surface area contributed by atoms with E-state index >= 15 is 0 Å². The first-order chi connectivity index (χ1) is 7.24. The fourth-order valence-corrected chi connectivity index (χ4v) is 1.73. The molecule has 0 radical (unpaired) electrons. The maximum Gasteiger partial charge on any atom is 0.356 e. The zero-order chi connectivity index (χ0) is 10.8. The minimum absolute atomic E-state index is 0.0504. The standard InChI is InChI=1S/C11H14N2O2/c1-3-15-11(14)10-8(2)13-7-5-4-6-9(13)12-10/h4-7,9,12H,3H2,1-2H3. The van der Waals surface area contributed by atoms with Crippen molar-refractivity contribution in [2.45, 2.75) is 20.0 Å². The molecular formula is C11H14N2O2. The number of hydrogen-bond acceptors (Lipinski definition) is 4. The van der Waals surface area contributed by atoms with Gasteiger partial charge in [0.2, 0.25) is 0 Å². The molecule has 1 N–H and O–H groups in total. The molecule has 0 aromatic heterocycles. The molecule has 0 saturated heterocycles. The Morgan fingerprint density at radius 2 is 2.40 bits per heavy atom. The second-order valence-electron chi connectivity index (χ2n) is 3.40. The van der Waals surface area contributed by atoms with E-state index in [1.807, 2.05) is 36.3 Å². The van der Waals surface area contributed by atoms with Gasteiger partial charge in [0, 0.05) is 11.9 Å². The summed E-state index contributed by atoms with van der Waals surface area (Å²) < 4.78 is 4.97. The van der Waals surface area contributed by atoms with E-state index in [1.54, 1.807) is 6.92 Å². The van der Waals surface area contributed by atoms with Gasteiger partial charge >= 0.3 is 5.97 Å². The first-order valence-corrected chi connectivity index (χ1v) is 5.02. The van der Waals surface area contributed by atoms with Crippen LogP contribution in [0, 0.1) is 0 Å². The summed E-state index contributed by atoms with van der Waals surface area (Å²) in [6.07, 6.45) is 7.88. The van der Waals surface area contributed by atoms with Crippen molar-refractivity contribution in [3.8, 4) is 0 Å². The van der Waals surface area contributed by atoms with Crippen molar-refractivity contribution in [1.82, 2.24) is 10.2 Å². The summed E-state index contributed by atoms with van der Waals surface area (Å²) >= 11 is 0. The summed E-state index contributed by atoms with van der Waals surface area (Å²) in [6.45, 7) is 4.10. The van der Waals surface area contributed by atoms with E-state index in [9.17, 15) is 4.79 Å². The molecule has 1 unspecified atom stereocenters. The average Bonchev–Trinajstić information content (AvgIpc) is 2.57. The Labute approximate surface area is 88.9 Å². The molecular weight excluding hydrogens is 192 g/mol. The maximum atomic E-state index is 11.6. The van der Waals surface area contributed by atoms with Crippen LogP contribution in [0.4, 0.5) is 0 Å². The molecule has 0 fully saturated rings. The first kappa shape index (κ1) is 9.83. The van der Waals surface area contributed by atoms with Crippen molar-refractivity contribution in [2.24, 2.45) is 0 Å². The molecule has 0 aromatic carbocycles. The van der Waals surface area contributed by atoms with E-state index < -0.39 is 0 Å². The molecule has 1 atom stereocenters. The van der Waals surface area contributed by atoms with Gasteiger partial charge in [0.1, 0.15) is 11.9 Å². The van der Waals surface area contributed by atoms with Gasteiger partial charge in [0.15, 0.2) is 0 Å². The van der Waals surface area contributed by atoms with Crippen LogP contribution in [0.15, 0.2) is 35.8 Å². The number of nitrogens with one attached hydrogen (secondary N) is 1. The van der Waals surface area contributed by atoms with Gasteiger partial charge in [0.25, 0.3) is 0 Å². The summed E-state index contributed by atoms with van der Waals surface area (Å²) in [5.41, 5.74) is 1.46. The fraction of sp³-hybridized carbons (Fsp3) is 0.364. The molecule has 2 heterocycles. The monoisotopic (exact) mass is 206 g/mol. The lowest BCUT2D eigenvalue weighted by molar-refractivity contribution is -0.138. The van der Waals surface area contributed by atoms with Gasteiger partial charge in [-0.15, -0.1) is 0 Å². The van der Waals surface area contributed by atoms with E-state index in [2.05, 4.69) is 5.32 Å². The number of hydrogen-bond donors (Lipinski definition) is 1. The molecule has 80 valence electrons. The van der Waals surface area contributed by atoms with Gasteiger partial charge < -0.3 is 15.0 Å². The Morgan fingerprint density at radius 1 is 1.60 bits per heavy atom. The van der Waals surface area contributed by atoms with Gasteiger partial charge in [-0.1, -0.05) is 6.08 Å². The lowest BCUT2D eigenvalue weighted by atomic mass is 10.3. The number of fused-ring (bicyclic) bond motifs is 1. The van der Waals surface area contributed by atoms with Crippen molar-refractivity contribution in [1.29, 1.82) is 0 Å². The topological polar surface area (TPSA) is 41.6 Å². The largest absolute Gasteiger partial charge is 0.461 e.